The van der Waals surface area contributed by atoms with Crippen molar-refractivity contribution < 1.29 is 19.4 Å². The minimum Gasteiger partial charge on any atom is -0.444 e. The zero-order valence-electron chi connectivity index (χ0n) is 16.3. The molecule has 0 aromatic heterocycles. The fourth-order valence-electron chi connectivity index (χ4n) is 2.44. The number of aliphatic hydroxyl groups is 1. The molecule has 0 heterocycles. The Morgan fingerprint density at radius 1 is 1.40 bits per heavy atom. The third-order valence-electron chi connectivity index (χ3n) is 3.89. The summed E-state index contributed by atoms with van der Waals surface area (Å²) in [5, 5.41) is 12.8. The monoisotopic (exact) mass is 352 g/mol. The molecule has 0 saturated carbocycles. The first-order valence-corrected chi connectivity index (χ1v) is 8.91. The van der Waals surface area contributed by atoms with Gasteiger partial charge in [0.15, 0.2) is 0 Å². The Kier molecular flexibility index (Phi) is 7.67. The third-order valence-corrected chi connectivity index (χ3v) is 3.89. The molecule has 0 bridgehead atoms. The van der Waals surface area contributed by atoms with Crippen LogP contribution in [0.1, 0.15) is 48.0 Å². The number of allylic oxidation sites excluding steroid dienone is 2. The predicted octanol–water partition coefficient (Wildman–Crippen LogP) is 2.63. The van der Waals surface area contributed by atoms with Crippen molar-refractivity contribution in [1.82, 2.24) is 10.2 Å². The van der Waals surface area contributed by atoms with Crippen LogP contribution in [0.5, 0.6) is 0 Å². The van der Waals surface area contributed by atoms with Crippen LogP contribution in [0.15, 0.2) is 23.3 Å². The van der Waals surface area contributed by atoms with E-state index in [1.807, 2.05) is 33.8 Å². The standard InChI is InChI=1S/C19H32N2O4/c1-7-21(18(24)25-19(4,5)6)11-10-20-17(23)15-12-14(13(2)3)8-9-16(15)22/h8,12-13,16,22H,7,9-11H2,1-6H3,(H,20,23). The first kappa shape index (κ1) is 21.2. The molecule has 0 fully saturated rings. The van der Waals surface area contributed by atoms with Gasteiger partial charge in [-0.3, -0.25) is 4.79 Å². The summed E-state index contributed by atoms with van der Waals surface area (Å²) in [6, 6.07) is 0. The van der Waals surface area contributed by atoms with Gasteiger partial charge in [-0.05, 0) is 51.7 Å². The molecule has 0 saturated heterocycles. The molecule has 0 aromatic carbocycles. The highest BCUT2D eigenvalue weighted by molar-refractivity contribution is 5.95. The number of likely N-dealkylation sites (N-methyl/N-ethyl adjacent to an activating group) is 1. The van der Waals surface area contributed by atoms with Gasteiger partial charge in [0.05, 0.1) is 6.10 Å². The van der Waals surface area contributed by atoms with Gasteiger partial charge in [0.25, 0.3) is 0 Å². The fourth-order valence-corrected chi connectivity index (χ4v) is 2.44. The minimum absolute atomic E-state index is 0.293. The summed E-state index contributed by atoms with van der Waals surface area (Å²) < 4.78 is 5.34. The maximum absolute atomic E-state index is 12.3. The lowest BCUT2D eigenvalue weighted by atomic mass is 9.90. The van der Waals surface area contributed by atoms with E-state index in [0.29, 0.717) is 37.5 Å². The zero-order valence-corrected chi connectivity index (χ0v) is 16.3. The van der Waals surface area contributed by atoms with Crippen LogP contribution in [0.4, 0.5) is 4.79 Å². The van der Waals surface area contributed by atoms with Crippen molar-refractivity contribution in [3.63, 3.8) is 0 Å². The van der Waals surface area contributed by atoms with Crippen LogP contribution in [-0.4, -0.2) is 53.3 Å². The van der Waals surface area contributed by atoms with Crippen molar-refractivity contribution in [3.05, 3.63) is 23.3 Å². The topological polar surface area (TPSA) is 78.9 Å². The molecule has 1 rings (SSSR count). The molecular weight excluding hydrogens is 320 g/mol. The molecule has 6 heteroatoms. The SMILES string of the molecule is CCN(CCNC(=O)C1=CC(C(C)C)=CCC1O)C(=O)OC(C)(C)C. The van der Waals surface area contributed by atoms with Crippen molar-refractivity contribution in [3.8, 4) is 0 Å². The summed E-state index contributed by atoms with van der Waals surface area (Å²) in [5.74, 6) is 0.0112. The number of nitrogens with zero attached hydrogens (tertiary/aromatic N) is 1. The first-order valence-electron chi connectivity index (χ1n) is 8.91. The molecule has 6 nitrogen and oxygen atoms in total. The van der Waals surface area contributed by atoms with Crippen molar-refractivity contribution in [2.24, 2.45) is 5.92 Å². The van der Waals surface area contributed by atoms with E-state index < -0.39 is 17.8 Å². The lowest BCUT2D eigenvalue weighted by Gasteiger charge is -2.27. The van der Waals surface area contributed by atoms with Gasteiger partial charge in [0, 0.05) is 25.2 Å². The summed E-state index contributed by atoms with van der Waals surface area (Å²) >= 11 is 0. The molecule has 2 amide bonds. The van der Waals surface area contributed by atoms with E-state index in [0.717, 1.165) is 5.57 Å². The largest absolute Gasteiger partial charge is 0.444 e. The maximum Gasteiger partial charge on any atom is 0.410 e. The number of hydrogen-bond acceptors (Lipinski definition) is 4. The molecule has 2 N–H and O–H groups in total. The van der Waals surface area contributed by atoms with E-state index >= 15 is 0 Å². The van der Waals surface area contributed by atoms with E-state index in [-0.39, 0.29) is 5.91 Å². The van der Waals surface area contributed by atoms with E-state index in [1.165, 1.54) is 4.90 Å². The van der Waals surface area contributed by atoms with Gasteiger partial charge in [-0.1, -0.05) is 19.9 Å². The number of carbonyl (C=O) groups excluding carboxylic acids is 2. The molecule has 1 atom stereocenters. The van der Waals surface area contributed by atoms with Crippen molar-refractivity contribution >= 4 is 12.0 Å². The smallest absolute Gasteiger partial charge is 0.410 e. The van der Waals surface area contributed by atoms with Crippen LogP contribution in [0, 0.1) is 5.92 Å². The minimum atomic E-state index is -0.782. The van der Waals surface area contributed by atoms with Gasteiger partial charge in [0.1, 0.15) is 5.60 Å². The van der Waals surface area contributed by atoms with Crippen LogP contribution < -0.4 is 5.32 Å². The number of nitrogens with one attached hydrogen (secondary N) is 1. The maximum atomic E-state index is 12.3. The second-order valence-corrected chi connectivity index (χ2v) is 7.53. The Balaban J connectivity index is 2.58. The molecule has 25 heavy (non-hydrogen) atoms. The Morgan fingerprint density at radius 3 is 2.56 bits per heavy atom. The average Bonchev–Trinajstić information content (AvgIpc) is 2.49. The van der Waals surface area contributed by atoms with Crippen LogP contribution in [0.3, 0.4) is 0 Å². The van der Waals surface area contributed by atoms with Crippen molar-refractivity contribution in [2.45, 2.75) is 59.7 Å². The quantitative estimate of drug-likeness (QED) is 0.770. The van der Waals surface area contributed by atoms with Gasteiger partial charge < -0.3 is 20.1 Å². The fraction of sp³-hybridized carbons (Fsp3) is 0.684. The third kappa shape index (κ3) is 6.90. The Morgan fingerprint density at radius 2 is 2.04 bits per heavy atom. The highest BCUT2D eigenvalue weighted by atomic mass is 16.6. The number of aliphatic hydroxyl groups excluding tert-OH is 1. The molecule has 1 aliphatic rings. The average molecular weight is 352 g/mol. The summed E-state index contributed by atoms with van der Waals surface area (Å²) in [6.45, 7) is 12.6. The molecule has 1 aliphatic carbocycles. The number of carbonyl (C=O) groups is 2. The summed E-state index contributed by atoms with van der Waals surface area (Å²) in [4.78, 5) is 26.0. The molecule has 0 spiro atoms. The van der Waals surface area contributed by atoms with Gasteiger partial charge in [-0.15, -0.1) is 0 Å². The van der Waals surface area contributed by atoms with E-state index in [2.05, 4.69) is 19.2 Å². The number of hydrogen-bond donors (Lipinski definition) is 2. The highest BCUT2D eigenvalue weighted by Gasteiger charge is 2.24. The van der Waals surface area contributed by atoms with E-state index in [9.17, 15) is 14.7 Å². The Hall–Kier alpha value is -1.82. The Labute approximate surface area is 150 Å². The number of amides is 2. The van der Waals surface area contributed by atoms with Crippen LogP contribution in [0.25, 0.3) is 0 Å². The molecular formula is C19H32N2O4. The lowest BCUT2D eigenvalue weighted by molar-refractivity contribution is -0.118. The normalized spacial score (nSPS) is 17.7. The Bertz CT molecular complexity index is 544. The number of rotatable bonds is 6. The van der Waals surface area contributed by atoms with E-state index in [1.54, 1.807) is 6.08 Å². The second-order valence-electron chi connectivity index (χ2n) is 7.53. The number of ether oxygens (including phenoxy) is 1. The summed E-state index contributed by atoms with van der Waals surface area (Å²) in [6.07, 6.45) is 3.00. The molecule has 1 unspecified atom stereocenters. The van der Waals surface area contributed by atoms with E-state index in [4.69, 9.17) is 4.74 Å². The van der Waals surface area contributed by atoms with Crippen LogP contribution in [0.2, 0.25) is 0 Å². The molecule has 0 aromatic rings. The van der Waals surface area contributed by atoms with Gasteiger partial charge in [-0.25, -0.2) is 4.79 Å². The van der Waals surface area contributed by atoms with Gasteiger partial charge >= 0.3 is 6.09 Å². The summed E-state index contributed by atoms with van der Waals surface area (Å²) in [7, 11) is 0. The van der Waals surface area contributed by atoms with Crippen molar-refractivity contribution in [1.29, 1.82) is 0 Å². The zero-order chi connectivity index (χ0) is 19.2. The second kappa shape index (κ2) is 9.04. The van der Waals surface area contributed by atoms with Gasteiger partial charge in [0.2, 0.25) is 5.91 Å². The van der Waals surface area contributed by atoms with Crippen LogP contribution in [-0.2, 0) is 9.53 Å². The van der Waals surface area contributed by atoms with Gasteiger partial charge in [-0.2, -0.15) is 0 Å². The summed E-state index contributed by atoms with van der Waals surface area (Å²) in [5.41, 5.74) is 0.885. The molecule has 0 aliphatic heterocycles. The first-order chi connectivity index (χ1) is 11.5. The predicted molar refractivity (Wildman–Crippen MR) is 98.1 cm³/mol. The molecule has 0 radical (unpaired) electrons. The lowest BCUT2D eigenvalue weighted by Crippen LogP contribution is -2.42. The van der Waals surface area contributed by atoms with Crippen molar-refractivity contribution in [2.75, 3.05) is 19.6 Å². The molecule has 142 valence electrons. The highest BCUT2D eigenvalue weighted by Crippen LogP contribution is 2.23. The van der Waals surface area contributed by atoms with Crippen LogP contribution >= 0.6 is 0 Å².